The van der Waals surface area contributed by atoms with E-state index in [2.05, 4.69) is 10.3 Å². The number of aliphatic carboxylic acids is 1. The second-order valence-corrected chi connectivity index (χ2v) is 5.44. The molecule has 0 aliphatic rings. The Morgan fingerprint density at radius 3 is 2.80 bits per heavy atom. The third kappa shape index (κ3) is 3.30. The van der Waals surface area contributed by atoms with E-state index in [1.165, 1.54) is 25.3 Å². The first-order chi connectivity index (χ1) is 12.0. The van der Waals surface area contributed by atoms with Crippen molar-refractivity contribution < 1.29 is 19.0 Å². The van der Waals surface area contributed by atoms with E-state index in [0.717, 1.165) is 10.8 Å². The first-order valence-electron chi connectivity index (χ1n) is 7.46. The molecule has 4 N–H and O–H groups in total. The Bertz CT molecular complexity index is 946. The molecule has 1 atom stereocenters. The Hall–Kier alpha value is -3.35. The fourth-order valence-corrected chi connectivity index (χ4v) is 2.60. The number of pyridine rings is 1. The third-order valence-electron chi connectivity index (χ3n) is 3.87. The van der Waals surface area contributed by atoms with Crippen LogP contribution in [-0.2, 0) is 4.79 Å². The monoisotopic (exact) mass is 341 g/mol. The topological polar surface area (TPSA) is 97.5 Å². The van der Waals surface area contributed by atoms with E-state index in [0.29, 0.717) is 17.3 Å². The van der Waals surface area contributed by atoms with Gasteiger partial charge in [-0.25, -0.2) is 14.2 Å². The molecular formula is C18H16FN3O3. The highest BCUT2D eigenvalue weighted by Gasteiger charge is 2.24. The van der Waals surface area contributed by atoms with Gasteiger partial charge in [0.2, 0.25) is 0 Å². The molecule has 3 aromatic rings. The number of hydrogen-bond acceptors (Lipinski definition) is 5. The van der Waals surface area contributed by atoms with E-state index in [9.17, 15) is 14.3 Å². The van der Waals surface area contributed by atoms with Crippen molar-refractivity contribution in [3.63, 3.8) is 0 Å². The van der Waals surface area contributed by atoms with Crippen molar-refractivity contribution in [1.29, 1.82) is 0 Å². The van der Waals surface area contributed by atoms with Gasteiger partial charge in [-0.15, -0.1) is 0 Å². The minimum Gasteiger partial charge on any atom is -0.497 e. The van der Waals surface area contributed by atoms with Crippen molar-refractivity contribution >= 4 is 28.2 Å². The zero-order valence-corrected chi connectivity index (χ0v) is 13.4. The summed E-state index contributed by atoms with van der Waals surface area (Å²) in [7, 11) is 1.43. The molecule has 0 spiro atoms. The number of nitrogens with two attached hydrogens (primary N) is 1. The van der Waals surface area contributed by atoms with Gasteiger partial charge in [0.15, 0.2) is 6.04 Å². The van der Waals surface area contributed by atoms with Crippen molar-refractivity contribution in [3.05, 3.63) is 60.0 Å². The van der Waals surface area contributed by atoms with E-state index in [1.807, 2.05) is 0 Å². The second kappa shape index (κ2) is 6.64. The highest BCUT2D eigenvalue weighted by atomic mass is 19.1. The molecule has 0 aliphatic heterocycles. The molecule has 25 heavy (non-hydrogen) atoms. The van der Waals surface area contributed by atoms with Crippen LogP contribution in [0.15, 0.2) is 48.7 Å². The third-order valence-corrected chi connectivity index (χ3v) is 3.87. The number of anilines is 2. The minimum atomic E-state index is -1.27. The quantitative estimate of drug-likeness (QED) is 0.659. The molecule has 1 aromatic heterocycles. The van der Waals surface area contributed by atoms with E-state index in [-0.39, 0.29) is 5.56 Å². The molecule has 6 nitrogen and oxygen atoms in total. The van der Waals surface area contributed by atoms with Gasteiger partial charge >= 0.3 is 5.97 Å². The van der Waals surface area contributed by atoms with Gasteiger partial charge in [0.25, 0.3) is 0 Å². The number of ether oxygens (including phenoxy) is 1. The number of nitrogen functional groups attached to an aromatic ring is 1. The molecule has 0 saturated heterocycles. The molecule has 3 rings (SSSR count). The summed E-state index contributed by atoms with van der Waals surface area (Å²) >= 11 is 0. The highest BCUT2D eigenvalue weighted by Crippen LogP contribution is 2.28. The number of aromatic nitrogens is 1. The van der Waals surface area contributed by atoms with E-state index >= 15 is 0 Å². The molecule has 1 unspecified atom stereocenters. The molecule has 2 aromatic carbocycles. The number of halogens is 1. The van der Waals surface area contributed by atoms with Crippen LogP contribution in [0, 0.1) is 5.82 Å². The number of carbonyl (C=O) groups is 1. The number of benzene rings is 2. The van der Waals surface area contributed by atoms with Gasteiger partial charge in [-0.2, -0.15) is 0 Å². The van der Waals surface area contributed by atoms with Crippen LogP contribution in [0.2, 0.25) is 0 Å². The molecule has 1 heterocycles. The van der Waals surface area contributed by atoms with Gasteiger partial charge in [-0.1, -0.05) is 0 Å². The predicted octanol–water partition coefficient (Wildman–Crippen LogP) is 3.20. The number of methoxy groups -OCH3 is 1. The molecule has 0 aliphatic carbocycles. The van der Waals surface area contributed by atoms with Crippen LogP contribution in [0.25, 0.3) is 10.8 Å². The Labute approximate surface area is 143 Å². The van der Waals surface area contributed by atoms with Gasteiger partial charge in [0, 0.05) is 22.8 Å². The molecule has 0 fully saturated rings. The summed E-state index contributed by atoms with van der Waals surface area (Å²) in [4.78, 5) is 15.7. The van der Waals surface area contributed by atoms with Crippen molar-refractivity contribution in [2.45, 2.75) is 6.04 Å². The highest BCUT2D eigenvalue weighted by molar-refractivity contribution is 5.93. The van der Waals surface area contributed by atoms with E-state index in [4.69, 9.17) is 10.5 Å². The van der Waals surface area contributed by atoms with Gasteiger partial charge in [-0.3, -0.25) is 0 Å². The zero-order valence-electron chi connectivity index (χ0n) is 13.4. The molecular weight excluding hydrogens is 325 g/mol. The lowest BCUT2D eigenvalue weighted by Gasteiger charge is -2.18. The van der Waals surface area contributed by atoms with Gasteiger partial charge in [0.1, 0.15) is 17.4 Å². The Balaban J connectivity index is 1.99. The molecule has 7 heteroatoms. The standard InChI is InChI=1S/C18H16FN3O3/c1-25-12-3-5-15(19)14(9-12)16(18(23)24)22-11-2-4-13-10(8-11)6-7-21-17(13)20/h2-9,16,22H,1H3,(H2,20,21)(H,23,24). The zero-order chi connectivity index (χ0) is 18.0. The molecule has 0 radical (unpaired) electrons. The van der Waals surface area contributed by atoms with Crippen LogP contribution in [0.4, 0.5) is 15.9 Å². The van der Waals surface area contributed by atoms with Gasteiger partial charge < -0.3 is 20.9 Å². The lowest BCUT2D eigenvalue weighted by Crippen LogP contribution is -2.21. The Morgan fingerprint density at radius 2 is 2.08 bits per heavy atom. The largest absolute Gasteiger partial charge is 0.497 e. The lowest BCUT2D eigenvalue weighted by atomic mass is 10.0. The number of carboxylic acids is 1. The summed E-state index contributed by atoms with van der Waals surface area (Å²) in [5.41, 5.74) is 6.32. The first-order valence-corrected chi connectivity index (χ1v) is 7.46. The van der Waals surface area contributed by atoms with Crippen molar-refractivity contribution in [2.75, 3.05) is 18.2 Å². The smallest absolute Gasteiger partial charge is 0.330 e. The summed E-state index contributed by atoms with van der Waals surface area (Å²) in [5.74, 6) is -1.07. The van der Waals surface area contributed by atoms with Crippen LogP contribution in [0.5, 0.6) is 5.75 Å². The maximum atomic E-state index is 14.1. The maximum Gasteiger partial charge on any atom is 0.330 e. The molecule has 0 saturated carbocycles. The molecule has 0 amide bonds. The molecule has 0 bridgehead atoms. The summed E-state index contributed by atoms with van der Waals surface area (Å²) in [5, 5.41) is 13.9. The fourth-order valence-electron chi connectivity index (χ4n) is 2.60. The molecule has 128 valence electrons. The van der Waals surface area contributed by atoms with E-state index < -0.39 is 17.8 Å². The summed E-state index contributed by atoms with van der Waals surface area (Å²) < 4.78 is 19.2. The average molecular weight is 341 g/mol. The minimum absolute atomic E-state index is 0.0128. The van der Waals surface area contributed by atoms with Crippen molar-refractivity contribution in [3.8, 4) is 5.75 Å². The van der Waals surface area contributed by atoms with Crippen LogP contribution >= 0.6 is 0 Å². The summed E-state index contributed by atoms with van der Waals surface area (Å²) in [6.07, 6.45) is 1.57. The number of rotatable bonds is 5. The van der Waals surface area contributed by atoms with Crippen LogP contribution in [0.3, 0.4) is 0 Å². The second-order valence-electron chi connectivity index (χ2n) is 5.44. The lowest BCUT2D eigenvalue weighted by molar-refractivity contribution is -0.138. The number of fused-ring (bicyclic) bond motifs is 1. The van der Waals surface area contributed by atoms with Crippen molar-refractivity contribution in [1.82, 2.24) is 4.98 Å². The van der Waals surface area contributed by atoms with Crippen LogP contribution in [0.1, 0.15) is 11.6 Å². The normalized spacial score (nSPS) is 11.9. The van der Waals surface area contributed by atoms with Gasteiger partial charge in [-0.05, 0) is 47.9 Å². The Kier molecular flexibility index (Phi) is 4.38. The summed E-state index contributed by atoms with van der Waals surface area (Å²) in [6, 6.07) is 9.62. The maximum absolute atomic E-state index is 14.1. The first kappa shape index (κ1) is 16.5. The SMILES string of the molecule is COc1ccc(F)c(C(Nc2ccc3c(N)nccc3c2)C(=O)O)c1. The number of nitrogens with zero attached hydrogens (tertiary/aromatic N) is 1. The van der Waals surface area contributed by atoms with Crippen LogP contribution < -0.4 is 15.8 Å². The predicted molar refractivity (Wildman–Crippen MR) is 93.1 cm³/mol. The number of hydrogen-bond donors (Lipinski definition) is 3. The van der Waals surface area contributed by atoms with Crippen molar-refractivity contribution in [2.24, 2.45) is 0 Å². The number of nitrogens with one attached hydrogen (secondary N) is 1. The average Bonchev–Trinajstić information content (AvgIpc) is 2.60. The summed E-state index contributed by atoms with van der Waals surface area (Å²) in [6.45, 7) is 0. The Morgan fingerprint density at radius 1 is 1.28 bits per heavy atom. The van der Waals surface area contributed by atoms with Crippen LogP contribution in [-0.4, -0.2) is 23.2 Å². The van der Waals surface area contributed by atoms with E-state index in [1.54, 1.807) is 30.5 Å². The fraction of sp³-hybridized carbons (Fsp3) is 0.111. The van der Waals surface area contributed by atoms with Gasteiger partial charge in [0.05, 0.1) is 7.11 Å². The number of carboxylic acid groups (broad SMARTS) is 1.